The normalized spacial score (nSPS) is 21.8. The van der Waals surface area contributed by atoms with Crippen LogP contribution in [0.4, 0.5) is 16.4 Å². The first kappa shape index (κ1) is 13.5. The lowest BCUT2D eigenvalue weighted by molar-refractivity contribution is 0.197. The molecule has 2 fully saturated rings. The first-order chi connectivity index (χ1) is 9.60. The van der Waals surface area contributed by atoms with Gasteiger partial charge in [0.1, 0.15) is 5.82 Å². The first-order valence-electron chi connectivity index (χ1n) is 6.22. The number of hydrogen-bond acceptors (Lipinski definition) is 5. The molecule has 0 aliphatic carbocycles. The van der Waals surface area contributed by atoms with Gasteiger partial charge in [-0.05, 0) is 6.07 Å². The van der Waals surface area contributed by atoms with Crippen LogP contribution in [0.15, 0.2) is 6.07 Å². The smallest absolute Gasteiger partial charge is 0.317 e. The average Bonchev–Trinajstić information content (AvgIpc) is 2.80. The minimum absolute atomic E-state index is 0.00544. The molecule has 2 saturated heterocycles. The molecular formula is C11H14Cl2N6O. The van der Waals surface area contributed by atoms with Crippen molar-refractivity contribution in [3.63, 3.8) is 0 Å². The molecule has 1 unspecified atom stereocenters. The van der Waals surface area contributed by atoms with Crippen LogP contribution in [0.3, 0.4) is 0 Å². The number of rotatable bonds is 2. The van der Waals surface area contributed by atoms with Gasteiger partial charge in [-0.25, -0.2) is 15.6 Å². The van der Waals surface area contributed by atoms with Gasteiger partial charge in [-0.15, -0.1) is 0 Å². The summed E-state index contributed by atoms with van der Waals surface area (Å²) in [5, 5.41) is 3.68. The number of hydrazine groups is 1. The quantitative estimate of drug-likeness (QED) is 0.557. The van der Waals surface area contributed by atoms with Gasteiger partial charge in [-0.3, -0.25) is 0 Å². The molecule has 0 spiro atoms. The van der Waals surface area contributed by atoms with E-state index in [2.05, 4.69) is 15.7 Å². The van der Waals surface area contributed by atoms with Crippen molar-refractivity contribution in [2.75, 3.05) is 36.5 Å². The van der Waals surface area contributed by atoms with E-state index in [1.807, 2.05) is 9.80 Å². The lowest BCUT2D eigenvalue weighted by atomic mass is 10.2. The van der Waals surface area contributed by atoms with Crippen molar-refractivity contribution >= 4 is 40.9 Å². The minimum atomic E-state index is -0.00544. The van der Waals surface area contributed by atoms with Crippen molar-refractivity contribution in [1.82, 2.24) is 15.2 Å². The summed E-state index contributed by atoms with van der Waals surface area (Å²) in [4.78, 5) is 19.8. The molecule has 0 radical (unpaired) electrons. The third-order valence-electron chi connectivity index (χ3n) is 3.58. The number of carbonyl (C=O) groups is 1. The molecule has 2 amide bonds. The lowest BCUT2D eigenvalue weighted by Gasteiger charge is -2.37. The maximum Gasteiger partial charge on any atom is 0.317 e. The summed E-state index contributed by atoms with van der Waals surface area (Å²) in [5.41, 5.74) is 2.45. The maximum absolute atomic E-state index is 11.6. The fourth-order valence-corrected chi connectivity index (χ4v) is 3.11. The fourth-order valence-electron chi connectivity index (χ4n) is 2.58. The van der Waals surface area contributed by atoms with Crippen LogP contribution in [0.2, 0.25) is 10.0 Å². The summed E-state index contributed by atoms with van der Waals surface area (Å²) in [7, 11) is 0. The Balaban J connectivity index is 1.85. The molecule has 2 aliphatic heterocycles. The van der Waals surface area contributed by atoms with E-state index >= 15 is 0 Å². The molecule has 0 saturated carbocycles. The van der Waals surface area contributed by atoms with Crippen molar-refractivity contribution in [1.29, 1.82) is 0 Å². The zero-order valence-corrected chi connectivity index (χ0v) is 12.1. The number of nitrogens with zero attached hydrogens (tertiary/aromatic N) is 3. The molecule has 3 heterocycles. The number of urea groups is 1. The first-order valence-corrected chi connectivity index (χ1v) is 6.98. The third kappa shape index (κ3) is 2.21. The highest BCUT2D eigenvalue weighted by Crippen LogP contribution is 2.32. The van der Waals surface area contributed by atoms with Gasteiger partial charge in [0.2, 0.25) is 0 Å². The molecule has 1 atom stereocenters. The fraction of sp³-hybridized carbons (Fsp3) is 0.455. The second-order valence-corrected chi connectivity index (χ2v) is 5.56. The van der Waals surface area contributed by atoms with E-state index < -0.39 is 0 Å². The summed E-state index contributed by atoms with van der Waals surface area (Å²) in [6.07, 6.45) is 0. The maximum atomic E-state index is 11.6. The highest BCUT2D eigenvalue weighted by Gasteiger charge is 2.36. The second kappa shape index (κ2) is 5.16. The topological polar surface area (TPSA) is 86.5 Å². The van der Waals surface area contributed by atoms with Gasteiger partial charge in [0.25, 0.3) is 0 Å². The standard InChI is InChI=1S/C11H14Cl2N6O/c12-7-3-8(13)10(16-9(7)17-14)18-1-2-19-6(5-18)4-15-11(19)20/h3,6H,1-2,4-5,14H2,(H,15,20)(H,16,17). The highest BCUT2D eigenvalue weighted by molar-refractivity contribution is 6.37. The van der Waals surface area contributed by atoms with Gasteiger partial charge in [0.05, 0.1) is 16.1 Å². The Bertz CT molecular complexity index is 554. The van der Waals surface area contributed by atoms with Crippen LogP contribution in [-0.4, -0.2) is 48.1 Å². The van der Waals surface area contributed by atoms with E-state index in [1.54, 1.807) is 6.07 Å². The zero-order chi connectivity index (χ0) is 14.3. The molecule has 1 aromatic rings. The molecule has 1 aromatic heterocycles. The Morgan fingerprint density at radius 2 is 2.20 bits per heavy atom. The van der Waals surface area contributed by atoms with Crippen molar-refractivity contribution in [2.45, 2.75) is 6.04 Å². The Morgan fingerprint density at radius 3 is 2.95 bits per heavy atom. The van der Waals surface area contributed by atoms with Gasteiger partial charge in [-0.1, -0.05) is 23.2 Å². The van der Waals surface area contributed by atoms with E-state index in [-0.39, 0.29) is 12.1 Å². The van der Waals surface area contributed by atoms with Gasteiger partial charge in [0, 0.05) is 26.2 Å². The number of anilines is 2. The number of pyridine rings is 1. The Labute approximate surface area is 126 Å². The number of nitrogens with one attached hydrogen (secondary N) is 2. The Morgan fingerprint density at radius 1 is 1.40 bits per heavy atom. The molecule has 9 heteroatoms. The second-order valence-electron chi connectivity index (χ2n) is 4.75. The van der Waals surface area contributed by atoms with E-state index in [4.69, 9.17) is 29.0 Å². The third-order valence-corrected chi connectivity index (χ3v) is 4.15. The predicted octanol–water partition coefficient (Wildman–Crippen LogP) is 0.888. The molecule has 2 aliphatic rings. The zero-order valence-electron chi connectivity index (χ0n) is 10.6. The van der Waals surface area contributed by atoms with Crippen LogP contribution in [0.5, 0.6) is 0 Å². The molecule has 20 heavy (non-hydrogen) atoms. The number of aromatic nitrogens is 1. The molecule has 0 bridgehead atoms. The Kier molecular flexibility index (Phi) is 3.49. The van der Waals surface area contributed by atoms with Gasteiger partial charge in [0.15, 0.2) is 5.82 Å². The van der Waals surface area contributed by atoms with E-state index in [0.717, 1.165) is 0 Å². The number of halogens is 2. The summed E-state index contributed by atoms with van der Waals surface area (Å²) < 4.78 is 0. The van der Waals surface area contributed by atoms with Crippen molar-refractivity contribution in [3.05, 3.63) is 16.1 Å². The molecule has 4 N–H and O–H groups in total. The van der Waals surface area contributed by atoms with Gasteiger partial charge >= 0.3 is 6.03 Å². The van der Waals surface area contributed by atoms with E-state index in [1.165, 1.54) is 0 Å². The monoisotopic (exact) mass is 316 g/mol. The summed E-state index contributed by atoms with van der Waals surface area (Å²) in [5.74, 6) is 6.39. The van der Waals surface area contributed by atoms with Gasteiger partial charge in [-0.2, -0.15) is 0 Å². The highest BCUT2D eigenvalue weighted by atomic mass is 35.5. The van der Waals surface area contributed by atoms with Crippen LogP contribution in [0.1, 0.15) is 0 Å². The van der Waals surface area contributed by atoms with Crippen LogP contribution < -0.4 is 21.5 Å². The number of amides is 2. The molecular weight excluding hydrogens is 303 g/mol. The van der Waals surface area contributed by atoms with Crippen molar-refractivity contribution < 1.29 is 4.79 Å². The predicted molar refractivity (Wildman–Crippen MR) is 78.2 cm³/mol. The van der Waals surface area contributed by atoms with Crippen LogP contribution in [0.25, 0.3) is 0 Å². The van der Waals surface area contributed by atoms with E-state index in [9.17, 15) is 4.79 Å². The van der Waals surface area contributed by atoms with Crippen LogP contribution in [0, 0.1) is 0 Å². The summed E-state index contributed by atoms with van der Waals surface area (Å²) >= 11 is 12.2. The number of fused-ring (bicyclic) bond motifs is 1. The van der Waals surface area contributed by atoms with Crippen molar-refractivity contribution in [2.24, 2.45) is 5.84 Å². The number of nitrogen functional groups attached to an aromatic ring is 1. The summed E-state index contributed by atoms with van der Waals surface area (Å²) in [6, 6.07) is 1.75. The summed E-state index contributed by atoms with van der Waals surface area (Å²) in [6.45, 7) is 2.63. The van der Waals surface area contributed by atoms with Crippen molar-refractivity contribution in [3.8, 4) is 0 Å². The SMILES string of the molecule is NNc1nc(N2CCN3C(=O)NCC3C2)c(Cl)cc1Cl. The number of piperazine rings is 1. The Hall–Kier alpha value is -1.44. The lowest BCUT2D eigenvalue weighted by Crippen LogP contribution is -2.52. The average molecular weight is 317 g/mol. The van der Waals surface area contributed by atoms with Crippen LogP contribution in [-0.2, 0) is 0 Å². The molecule has 0 aromatic carbocycles. The number of nitrogens with two attached hydrogens (primary N) is 1. The molecule has 108 valence electrons. The number of carbonyl (C=O) groups excluding carboxylic acids is 1. The van der Waals surface area contributed by atoms with E-state index in [0.29, 0.717) is 47.9 Å². The number of hydrogen-bond donors (Lipinski definition) is 3. The van der Waals surface area contributed by atoms with Crippen LogP contribution >= 0.6 is 23.2 Å². The van der Waals surface area contributed by atoms with Gasteiger partial charge < -0.3 is 20.5 Å². The minimum Gasteiger partial charge on any atom is -0.351 e. The molecule has 3 rings (SSSR count). The molecule has 7 nitrogen and oxygen atoms in total. The largest absolute Gasteiger partial charge is 0.351 e.